The van der Waals surface area contributed by atoms with Crippen LogP contribution in [0.5, 0.6) is 0 Å². The van der Waals surface area contributed by atoms with E-state index in [0.29, 0.717) is 11.7 Å². The standard InChI is InChI=1S/C25H31N5S/c1-4-9-19(12-8-15-31-3)23-17(2)24(26)30-25(29-23)20(16-27-30)22-14-7-11-18-10-5-6-13-21(18)28-22/h5-6,10-11,13-14,16,19H,4,7-9,12,15,26H2,1-3H3. The highest BCUT2D eigenvalue weighted by atomic mass is 32.2. The van der Waals surface area contributed by atoms with Crippen LogP contribution in [0.4, 0.5) is 5.82 Å². The quantitative estimate of drug-likeness (QED) is 0.532. The molecule has 0 spiro atoms. The maximum Gasteiger partial charge on any atom is 0.167 e. The molecule has 2 N–H and O–H groups in total. The van der Waals surface area contributed by atoms with E-state index < -0.39 is 0 Å². The highest BCUT2D eigenvalue weighted by Gasteiger charge is 2.21. The Hall–Kier alpha value is -2.60. The van der Waals surface area contributed by atoms with Crippen LogP contribution in [0.3, 0.4) is 0 Å². The summed E-state index contributed by atoms with van der Waals surface area (Å²) in [6, 6.07) is 8.23. The van der Waals surface area contributed by atoms with Gasteiger partial charge < -0.3 is 5.73 Å². The van der Waals surface area contributed by atoms with E-state index in [1.165, 1.54) is 12.2 Å². The lowest BCUT2D eigenvalue weighted by molar-refractivity contribution is 0.547. The molecule has 162 valence electrons. The van der Waals surface area contributed by atoms with Gasteiger partial charge in [-0.1, -0.05) is 43.7 Å². The molecule has 0 aliphatic carbocycles. The fraction of sp³-hybridized carbons (Fsp3) is 0.400. The predicted molar refractivity (Wildman–Crippen MR) is 132 cm³/mol. The van der Waals surface area contributed by atoms with Gasteiger partial charge in [-0.3, -0.25) is 0 Å². The summed E-state index contributed by atoms with van der Waals surface area (Å²) in [7, 11) is 0. The summed E-state index contributed by atoms with van der Waals surface area (Å²) < 4.78 is 1.77. The van der Waals surface area contributed by atoms with Crippen molar-refractivity contribution < 1.29 is 0 Å². The summed E-state index contributed by atoms with van der Waals surface area (Å²) >= 11 is 1.90. The van der Waals surface area contributed by atoms with Gasteiger partial charge in [0, 0.05) is 11.5 Å². The second kappa shape index (κ2) is 9.69. The van der Waals surface area contributed by atoms with Crippen LogP contribution in [0.1, 0.15) is 61.8 Å². The number of aromatic nitrogens is 3. The Morgan fingerprint density at radius 3 is 2.84 bits per heavy atom. The number of anilines is 1. The molecule has 1 atom stereocenters. The molecule has 6 heteroatoms. The Kier molecular flexibility index (Phi) is 6.76. The van der Waals surface area contributed by atoms with Crippen LogP contribution in [0, 0.1) is 6.92 Å². The molecule has 1 aromatic carbocycles. The van der Waals surface area contributed by atoms with Gasteiger partial charge in [0.1, 0.15) is 5.82 Å². The molecule has 1 aliphatic heterocycles. The summed E-state index contributed by atoms with van der Waals surface area (Å²) in [6.45, 7) is 4.32. The Bertz CT molecular complexity index is 1220. The van der Waals surface area contributed by atoms with Gasteiger partial charge in [-0.25, -0.2) is 9.98 Å². The van der Waals surface area contributed by atoms with Crippen LogP contribution >= 0.6 is 11.8 Å². The van der Waals surface area contributed by atoms with Gasteiger partial charge in [0.05, 0.1) is 28.5 Å². The zero-order valence-corrected chi connectivity index (χ0v) is 19.5. The van der Waals surface area contributed by atoms with Gasteiger partial charge in [-0.15, -0.1) is 0 Å². The first kappa shape index (κ1) is 21.6. The lowest BCUT2D eigenvalue weighted by atomic mass is 9.92. The van der Waals surface area contributed by atoms with E-state index in [9.17, 15) is 0 Å². The van der Waals surface area contributed by atoms with Gasteiger partial charge in [0.15, 0.2) is 5.65 Å². The molecule has 1 unspecified atom stereocenters. The SMILES string of the molecule is CCCC(CCCSC)c1nc2c(C3=CCC=c4ccccc4=N3)cnn2c(N)c1C. The van der Waals surface area contributed by atoms with Crippen molar-refractivity contribution in [2.24, 2.45) is 4.99 Å². The lowest BCUT2D eigenvalue weighted by Gasteiger charge is -2.19. The van der Waals surface area contributed by atoms with Crippen LogP contribution in [-0.2, 0) is 0 Å². The molecule has 2 aromatic heterocycles. The topological polar surface area (TPSA) is 68.6 Å². The molecular formula is C25H31N5S. The number of hydrogen-bond donors (Lipinski definition) is 1. The number of nitrogens with zero attached hydrogens (tertiary/aromatic N) is 4. The molecule has 0 bridgehead atoms. The van der Waals surface area contributed by atoms with Gasteiger partial charge in [0.25, 0.3) is 0 Å². The lowest BCUT2D eigenvalue weighted by Crippen LogP contribution is -2.23. The maximum absolute atomic E-state index is 6.56. The molecule has 31 heavy (non-hydrogen) atoms. The van der Waals surface area contributed by atoms with E-state index in [-0.39, 0.29) is 0 Å². The smallest absolute Gasteiger partial charge is 0.167 e. The molecule has 3 aromatic rings. The largest absolute Gasteiger partial charge is 0.383 e. The van der Waals surface area contributed by atoms with E-state index in [4.69, 9.17) is 15.7 Å². The first-order valence-corrected chi connectivity index (χ1v) is 12.5. The van der Waals surface area contributed by atoms with Crippen molar-refractivity contribution in [3.05, 3.63) is 63.9 Å². The summed E-state index contributed by atoms with van der Waals surface area (Å²) in [6.07, 6.45) is 13.8. The minimum atomic E-state index is 0.418. The van der Waals surface area contributed by atoms with Crippen molar-refractivity contribution in [3.8, 4) is 0 Å². The highest BCUT2D eigenvalue weighted by Crippen LogP contribution is 2.32. The Balaban J connectivity index is 1.82. The summed E-state index contributed by atoms with van der Waals surface area (Å²) in [5.74, 6) is 2.27. The van der Waals surface area contributed by atoms with E-state index in [1.807, 2.05) is 30.1 Å². The van der Waals surface area contributed by atoms with Crippen molar-refractivity contribution >= 4 is 35.0 Å². The zero-order chi connectivity index (χ0) is 21.8. The van der Waals surface area contributed by atoms with Crippen molar-refractivity contribution in [2.45, 2.75) is 51.9 Å². The van der Waals surface area contributed by atoms with Crippen LogP contribution in [-0.4, -0.2) is 26.6 Å². The number of para-hydroxylation sites is 1. The maximum atomic E-state index is 6.56. The number of fused-ring (bicyclic) bond motifs is 2. The Morgan fingerprint density at radius 2 is 2.03 bits per heavy atom. The minimum absolute atomic E-state index is 0.418. The third-order valence-corrected chi connectivity index (χ3v) is 6.69. The highest BCUT2D eigenvalue weighted by molar-refractivity contribution is 7.98. The van der Waals surface area contributed by atoms with E-state index in [2.05, 4.69) is 49.5 Å². The molecular weight excluding hydrogens is 402 g/mol. The molecule has 0 fully saturated rings. The summed E-state index contributed by atoms with van der Waals surface area (Å²) in [5, 5.41) is 6.71. The average Bonchev–Trinajstić information content (AvgIpc) is 3.08. The predicted octanol–water partition coefficient (Wildman–Crippen LogP) is 4.49. The average molecular weight is 434 g/mol. The first-order chi connectivity index (χ1) is 15.1. The van der Waals surface area contributed by atoms with E-state index in [1.54, 1.807) is 4.52 Å². The molecule has 0 amide bonds. The number of thioether (sulfide) groups is 1. The van der Waals surface area contributed by atoms with Gasteiger partial charge in [-0.05, 0) is 55.9 Å². The fourth-order valence-electron chi connectivity index (χ4n) is 4.34. The normalized spacial score (nSPS) is 14.4. The number of rotatable bonds is 8. The fourth-order valence-corrected chi connectivity index (χ4v) is 4.79. The van der Waals surface area contributed by atoms with Gasteiger partial charge in [-0.2, -0.15) is 21.4 Å². The van der Waals surface area contributed by atoms with Crippen molar-refractivity contribution in [3.63, 3.8) is 0 Å². The molecule has 4 rings (SSSR count). The number of benzene rings is 1. The second-order valence-electron chi connectivity index (χ2n) is 8.12. The Morgan fingerprint density at radius 1 is 1.19 bits per heavy atom. The molecule has 5 nitrogen and oxygen atoms in total. The number of nitrogen functional groups attached to an aromatic ring is 1. The van der Waals surface area contributed by atoms with Gasteiger partial charge >= 0.3 is 0 Å². The van der Waals surface area contributed by atoms with Crippen molar-refractivity contribution in [2.75, 3.05) is 17.7 Å². The number of nitrogens with two attached hydrogens (primary N) is 1. The van der Waals surface area contributed by atoms with Crippen LogP contribution < -0.4 is 16.3 Å². The summed E-state index contributed by atoms with van der Waals surface area (Å²) in [5.41, 5.74) is 11.4. The summed E-state index contributed by atoms with van der Waals surface area (Å²) in [4.78, 5) is 10.1. The number of hydrogen-bond acceptors (Lipinski definition) is 5. The third kappa shape index (κ3) is 4.40. The molecule has 1 aliphatic rings. The molecule has 0 saturated heterocycles. The minimum Gasteiger partial charge on any atom is -0.383 e. The van der Waals surface area contributed by atoms with E-state index in [0.717, 1.165) is 64.4 Å². The second-order valence-corrected chi connectivity index (χ2v) is 9.11. The number of allylic oxidation sites excluding steroid dienone is 1. The van der Waals surface area contributed by atoms with Gasteiger partial charge in [0.2, 0.25) is 0 Å². The van der Waals surface area contributed by atoms with E-state index >= 15 is 0 Å². The van der Waals surface area contributed by atoms with Crippen LogP contribution in [0.15, 0.2) is 41.5 Å². The molecule has 3 heterocycles. The monoisotopic (exact) mass is 433 g/mol. The van der Waals surface area contributed by atoms with Crippen molar-refractivity contribution in [1.82, 2.24) is 14.6 Å². The first-order valence-electron chi connectivity index (χ1n) is 11.1. The zero-order valence-electron chi connectivity index (χ0n) is 18.6. The molecule has 0 radical (unpaired) electrons. The Labute approximate surface area is 188 Å². The van der Waals surface area contributed by atoms with Crippen LogP contribution in [0.25, 0.3) is 17.4 Å². The van der Waals surface area contributed by atoms with Crippen LogP contribution in [0.2, 0.25) is 0 Å². The third-order valence-electron chi connectivity index (χ3n) is 5.99. The molecule has 0 saturated carbocycles. The van der Waals surface area contributed by atoms with Crippen molar-refractivity contribution in [1.29, 1.82) is 0 Å².